The molecule has 0 radical (unpaired) electrons. The van der Waals surface area contributed by atoms with Crippen molar-refractivity contribution in [2.24, 2.45) is 5.92 Å². The van der Waals surface area contributed by atoms with Crippen LogP contribution in [0.25, 0.3) is 33.7 Å². The fourth-order valence-electron chi connectivity index (χ4n) is 5.58. The summed E-state index contributed by atoms with van der Waals surface area (Å²) in [5.74, 6) is -0.176. The summed E-state index contributed by atoms with van der Waals surface area (Å²) in [6.07, 6.45) is 6.66. The highest BCUT2D eigenvalue weighted by Crippen LogP contribution is 2.34. The summed E-state index contributed by atoms with van der Waals surface area (Å²) in [6.45, 7) is 8.24. The van der Waals surface area contributed by atoms with Crippen molar-refractivity contribution in [3.8, 4) is 22.5 Å². The number of carbonyl (C=O) groups excluding carboxylic acids is 2. The molecule has 46 heavy (non-hydrogen) atoms. The number of nitrogens with zero attached hydrogens (tertiary/aromatic N) is 4. The summed E-state index contributed by atoms with van der Waals surface area (Å²) in [6, 6.07) is 13.9. The molecule has 5 rings (SSSR count). The van der Waals surface area contributed by atoms with Crippen LogP contribution in [0.5, 0.6) is 0 Å². The Hall–Kier alpha value is -4.71. The number of aromatic amines is 1. The van der Waals surface area contributed by atoms with E-state index < -0.39 is 11.7 Å². The van der Waals surface area contributed by atoms with Crippen LogP contribution in [0.4, 0.5) is 10.1 Å². The fraction of sp³-hybridized carbons (Fsp3) is 0.294. The fourth-order valence-corrected chi connectivity index (χ4v) is 5.77. The molecule has 10 nitrogen and oxygen atoms in total. The Labute approximate surface area is 274 Å². The van der Waals surface area contributed by atoms with Crippen molar-refractivity contribution in [2.45, 2.75) is 52.5 Å². The topological polar surface area (TPSA) is 139 Å². The molecule has 12 heteroatoms. The van der Waals surface area contributed by atoms with Crippen LogP contribution in [0.2, 0.25) is 0 Å². The quantitative estimate of drug-likeness (QED) is 0.0921. The second-order valence-corrected chi connectivity index (χ2v) is 12.0. The van der Waals surface area contributed by atoms with Crippen LogP contribution in [-0.4, -0.2) is 42.2 Å². The van der Waals surface area contributed by atoms with Crippen LogP contribution in [0.1, 0.15) is 62.6 Å². The normalized spacial score (nSPS) is 11.9. The molecule has 2 amide bonds. The van der Waals surface area contributed by atoms with Crippen LogP contribution < -0.4 is 10.6 Å². The highest BCUT2D eigenvalue weighted by Gasteiger charge is 2.34. The van der Waals surface area contributed by atoms with E-state index in [1.165, 1.54) is 12.1 Å². The maximum absolute atomic E-state index is 15.4. The number of imidazole rings is 1. The number of para-hydroxylation sites is 1. The lowest BCUT2D eigenvalue weighted by Gasteiger charge is -2.29. The first-order valence-electron chi connectivity index (χ1n) is 15.0. The number of fused-ring (bicyclic) bond motifs is 1. The molecule has 3 aromatic heterocycles. The van der Waals surface area contributed by atoms with Crippen LogP contribution in [0.15, 0.2) is 71.4 Å². The predicted molar refractivity (Wildman–Crippen MR) is 179 cm³/mol. The minimum absolute atomic E-state index is 0.0636. The van der Waals surface area contributed by atoms with Gasteiger partial charge in [-0.1, -0.05) is 92.0 Å². The lowest BCUT2D eigenvalue weighted by Crippen LogP contribution is -2.30. The van der Waals surface area contributed by atoms with E-state index in [9.17, 15) is 9.59 Å². The molecule has 0 spiro atoms. The number of halogens is 2. The monoisotopic (exact) mass is 687 g/mol. The van der Waals surface area contributed by atoms with E-state index in [1.807, 2.05) is 32.0 Å². The third-order valence-electron chi connectivity index (χ3n) is 8.20. The average molecular weight is 689 g/mol. The molecule has 0 aliphatic rings. The van der Waals surface area contributed by atoms with Gasteiger partial charge in [0.25, 0.3) is 0 Å². The number of hydrogen-bond donors (Lipinski definition) is 3. The third-order valence-corrected chi connectivity index (χ3v) is 8.57. The van der Waals surface area contributed by atoms with Gasteiger partial charge in [-0.3, -0.25) is 9.59 Å². The van der Waals surface area contributed by atoms with Gasteiger partial charge >= 0.3 is 11.8 Å². The Bertz CT molecular complexity index is 1890. The van der Waals surface area contributed by atoms with Crippen molar-refractivity contribution in [2.75, 3.05) is 10.6 Å². The van der Waals surface area contributed by atoms with Crippen molar-refractivity contribution in [1.82, 2.24) is 30.4 Å². The first-order valence-corrected chi connectivity index (χ1v) is 16.2. The maximum atomic E-state index is 15.4. The smallest absolute Gasteiger partial charge is 0.315 e. The van der Waals surface area contributed by atoms with E-state index >= 15 is 4.39 Å². The molecule has 0 fully saturated rings. The number of allylic oxidation sites excluding steroid dienone is 1. The molecule has 0 atom stereocenters. The van der Waals surface area contributed by atoms with Gasteiger partial charge in [0.15, 0.2) is 11.5 Å². The zero-order valence-corrected chi connectivity index (χ0v) is 27.6. The minimum Gasteiger partial charge on any atom is -0.344 e. The van der Waals surface area contributed by atoms with Crippen LogP contribution in [0.3, 0.4) is 0 Å². The SMILES string of the molecule is CCC(CC)C(C)(C)c1noc(C(=O)NCc2ccc(-c3ccnc4nc(-c5ccccc5NC(=O)/C=C/CBr)[nH]c34)cc2F)n1. The summed E-state index contributed by atoms with van der Waals surface area (Å²) in [5, 5.41) is 10.2. The molecular weight excluding hydrogens is 653 g/mol. The van der Waals surface area contributed by atoms with Crippen LogP contribution >= 0.6 is 15.9 Å². The molecule has 0 saturated carbocycles. The summed E-state index contributed by atoms with van der Waals surface area (Å²) in [4.78, 5) is 41.8. The van der Waals surface area contributed by atoms with Crippen LogP contribution in [-0.2, 0) is 16.8 Å². The van der Waals surface area contributed by atoms with E-state index in [-0.39, 0.29) is 23.8 Å². The average Bonchev–Trinajstić information content (AvgIpc) is 3.72. The number of amides is 2. The molecule has 2 aromatic carbocycles. The van der Waals surface area contributed by atoms with E-state index in [0.717, 1.165) is 12.8 Å². The molecule has 0 saturated heterocycles. The Morgan fingerprint density at radius 1 is 1.09 bits per heavy atom. The first-order chi connectivity index (χ1) is 22.2. The summed E-state index contributed by atoms with van der Waals surface area (Å²) in [7, 11) is 0. The number of hydrogen-bond acceptors (Lipinski definition) is 7. The van der Waals surface area contributed by atoms with Crippen molar-refractivity contribution >= 4 is 44.6 Å². The van der Waals surface area contributed by atoms with Gasteiger partial charge in [0.05, 0.1) is 11.2 Å². The summed E-state index contributed by atoms with van der Waals surface area (Å²) < 4.78 is 20.6. The van der Waals surface area contributed by atoms with Crippen molar-refractivity contribution < 1.29 is 18.5 Å². The maximum Gasteiger partial charge on any atom is 0.315 e. The standard InChI is InChI=1S/C34H35BrFN7O3/c1-5-22(6-2)34(3,4)33-42-32(46-43-33)31(45)38-19-21-14-13-20(18-25(21)36)23-15-17-37-30-28(23)40-29(41-30)24-10-7-8-11-26(24)39-27(44)12-9-16-35/h7-15,17-18,22H,5-6,16,19H2,1-4H3,(H,38,45)(H,39,44)(H,37,40,41)/b12-9+. The summed E-state index contributed by atoms with van der Waals surface area (Å²) in [5.41, 5.74) is 3.54. The molecule has 3 N–H and O–H groups in total. The van der Waals surface area contributed by atoms with E-state index in [2.05, 4.69) is 65.5 Å². The second kappa shape index (κ2) is 14.2. The Morgan fingerprint density at radius 2 is 1.87 bits per heavy atom. The van der Waals surface area contributed by atoms with E-state index in [4.69, 9.17) is 4.52 Å². The number of rotatable bonds is 12. The Kier molecular flexibility index (Phi) is 10.1. The van der Waals surface area contributed by atoms with Gasteiger partial charge in [-0.15, -0.1) is 0 Å². The molecule has 0 bridgehead atoms. The van der Waals surface area contributed by atoms with Gasteiger partial charge in [-0.2, -0.15) is 4.98 Å². The Morgan fingerprint density at radius 3 is 2.61 bits per heavy atom. The molecule has 0 aliphatic carbocycles. The zero-order valence-electron chi connectivity index (χ0n) is 26.0. The highest BCUT2D eigenvalue weighted by atomic mass is 79.9. The molecule has 238 valence electrons. The number of carbonyl (C=O) groups is 2. The molecule has 3 heterocycles. The molecule has 0 aliphatic heterocycles. The van der Waals surface area contributed by atoms with Gasteiger partial charge in [0.2, 0.25) is 5.91 Å². The molecular formula is C34H35BrFN7O3. The number of H-pyrrole nitrogens is 1. The largest absolute Gasteiger partial charge is 0.344 e. The number of aromatic nitrogens is 5. The molecule has 0 unspecified atom stereocenters. The predicted octanol–water partition coefficient (Wildman–Crippen LogP) is 7.35. The number of benzene rings is 2. The second-order valence-electron chi connectivity index (χ2n) is 11.4. The van der Waals surface area contributed by atoms with E-state index in [0.29, 0.717) is 62.0 Å². The number of alkyl halides is 1. The Balaban J connectivity index is 1.33. The van der Waals surface area contributed by atoms with E-state index in [1.54, 1.807) is 36.5 Å². The zero-order chi connectivity index (χ0) is 32.8. The van der Waals surface area contributed by atoms with Crippen molar-refractivity contribution in [3.05, 3.63) is 90.0 Å². The minimum atomic E-state index is -0.570. The van der Waals surface area contributed by atoms with Gasteiger partial charge in [0.1, 0.15) is 11.6 Å². The lowest BCUT2D eigenvalue weighted by molar-refractivity contribution is -0.111. The number of anilines is 1. The third kappa shape index (κ3) is 6.91. The van der Waals surface area contributed by atoms with Gasteiger partial charge < -0.3 is 20.1 Å². The summed E-state index contributed by atoms with van der Waals surface area (Å²) >= 11 is 3.27. The first kappa shape index (κ1) is 32.7. The van der Waals surface area contributed by atoms with Crippen LogP contribution in [0, 0.1) is 11.7 Å². The van der Waals surface area contributed by atoms with Gasteiger partial charge in [0, 0.05) is 46.3 Å². The highest BCUT2D eigenvalue weighted by molar-refractivity contribution is 9.09. The van der Waals surface area contributed by atoms with Crippen molar-refractivity contribution in [1.29, 1.82) is 0 Å². The molecule has 5 aromatic rings. The number of nitrogens with one attached hydrogen (secondary N) is 3. The van der Waals surface area contributed by atoms with Crippen molar-refractivity contribution in [3.63, 3.8) is 0 Å². The lowest BCUT2D eigenvalue weighted by atomic mass is 9.75. The number of pyridine rings is 1. The van der Waals surface area contributed by atoms with Gasteiger partial charge in [-0.25, -0.2) is 14.4 Å². The van der Waals surface area contributed by atoms with Gasteiger partial charge in [-0.05, 0) is 35.7 Å².